The lowest BCUT2D eigenvalue weighted by molar-refractivity contribution is -0.137. The van der Waals surface area contributed by atoms with Gasteiger partial charge in [-0.05, 0) is 67.0 Å². The maximum absolute atomic E-state index is 13.6. The third kappa shape index (κ3) is 6.27. The van der Waals surface area contributed by atoms with Crippen LogP contribution in [0.4, 0.5) is 36.3 Å². The lowest BCUT2D eigenvalue weighted by Crippen LogP contribution is -2.12. The molecule has 2 N–H and O–H groups in total. The van der Waals surface area contributed by atoms with Gasteiger partial charge in [0.15, 0.2) is 0 Å². The summed E-state index contributed by atoms with van der Waals surface area (Å²) in [4.78, 5) is 8.08. The zero-order chi connectivity index (χ0) is 24.0. The second-order valence-electron chi connectivity index (χ2n) is 8.96. The highest BCUT2D eigenvalue weighted by molar-refractivity contribution is 5.63. The summed E-state index contributed by atoms with van der Waals surface area (Å²) in [5.41, 5.74) is 2.85. The Labute approximate surface area is 199 Å². The molecule has 1 fully saturated rings. The number of rotatable bonds is 8. The van der Waals surface area contributed by atoms with E-state index >= 15 is 0 Å². The van der Waals surface area contributed by atoms with E-state index < -0.39 is 11.7 Å². The van der Waals surface area contributed by atoms with Crippen molar-refractivity contribution in [3.05, 3.63) is 71.4 Å². The van der Waals surface area contributed by atoms with Crippen molar-refractivity contribution in [3.8, 4) is 0 Å². The Morgan fingerprint density at radius 1 is 0.882 bits per heavy atom. The van der Waals surface area contributed by atoms with Crippen LogP contribution in [0.15, 0.2) is 54.7 Å². The molecule has 34 heavy (non-hydrogen) atoms. The summed E-state index contributed by atoms with van der Waals surface area (Å²) in [7, 11) is 0. The van der Waals surface area contributed by atoms with Crippen LogP contribution in [0.5, 0.6) is 0 Å². The molecular formula is C27H31F3N4. The van der Waals surface area contributed by atoms with Gasteiger partial charge in [-0.3, -0.25) is 0 Å². The first-order valence-electron chi connectivity index (χ1n) is 12.1. The minimum atomic E-state index is -4.57. The molecule has 7 heteroatoms. The number of alkyl halides is 3. The van der Waals surface area contributed by atoms with E-state index in [0.29, 0.717) is 11.6 Å². The fourth-order valence-corrected chi connectivity index (χ4v) is 4.42. The second kappa shape index (κ2) is 10.9. The van der Waals surface area contributed by atoms with Gasteiger partial charge in [-0.25, -0.2) is 4.98 Å². The van der Waals surface area contributed by atoms with E-state index in [1.54, 1.807) is 12.1 Å². The second-order valence-corrected chi connectivity index (χ2v) is 8.96. The van der Waals surface area contributed by atoms with E-state index in [1.165, 1.54) is 37.7 Å². The third-order valence-electron chi connectivity index (χ3n) is 6.37. The quantitative estimate of drug-likeness (QED) is 0.349. The van der Waals surface area contributed by atoms with Gasteiger partial charge in [-0.2, -0.15) is 18.2 Å². The van der Waals surface area contributed by atoms with Gasteiger partial charge in [0.05, 0.1) is 0 Å². The Bertz CT molecular complexity index is 1060. The first-order valence-corrected chi connectivity index (χ1v) is 12.1. The van der Waals surface area contributed by atoms with Crippen LogP contribution in [0, 0.1) is 0 Å². The molecular weight excluding hydrogens is 437 g/mol. The highest BCUT2D eigenvalue weighted by Gasteiger charge is 2.35. The summed E-state index contributed by atoms with van der Waals surface area (Å²) in [6.45, 7) is 2.13. The van der Waals surface area contributed by atoms with Crippen LogP contribution in [0.25, 0.3) is 0 Å². The topological polar surface area (TPSA) is 49.8 Å². The average Bonchev–Trinajstić information content (AvgIpc) is 2.84. The van der Waals surface area contributed by atoms with Crippen molar-refractivity contribution in [2.45, 2.75) is 70.4 Å². The van der Waals surface area contributed by atoms with E-state index in [2.05, 4.69) is 39.7 Å². The van der Waals surface area contributed by atoms with E-state index in [-0.39, 0.29) is 11.8 Å². The van der Waals surface area contributed by atoms with Gasteiger partial charge in [-0.15, -0.1) is 0 Å². The molecule has 2 aromatic carbocycles. The molecule has 0 saturated heterocycles. The molecule has 0 bridgehead atoms. The van der Waals surface area contributed by atoms with E-state index in [9.17, 15) is 13.2 Å². The summed E-state index contributed by atoms with van der Waals surface area (Å²) in [6, 6.07) is 15.5. The number of benzene rings is 2. The van der Waals surface area contributed by atoms with Gasteiger partial charge in [0.1, 0.15) is 11.4 Å². The molecule has 4 rings (SSSR count). The molecule has 4 nitrogen and oxygen atoms in total. The number of unbranched alkanes of at least 4 members (excludes halogenated alkanes) is 1. The third-order valence-corrected chi connectivity index (χ3v) is 6.37. The summed E-state index contributed by atoms with van der Waals surface area (Å²) in [5, 5.41) is 5.87. The molecule has 0 aliphatic heterocycles. The van der Waals surface area contributed by atoms with Crippen LogP contribution in [0.3, 0.4) is 0 Å². The molecule has 3 aromatic rings. The molecule has 1 aromatic heterocycles. The lowest BCUT2D eigenvalue weighted by Gasteiger charge is -2.22. The average molecular weight is 469 g/mol. The number of anilines is 4. The Morgan fingerprint density at radius 2 is 1.53 bits per heavy atom. The fraction of sp³-hybridized carbons (Fsp3) is 0.407. The van der Waals surface area contributed by atoms with Gasteiger partial charge in [-0.1, -0.05) is 56.9 Å². The standard InChI is InChI=1S/C27H31F3N4/c1-2-3-7-19-10-14-22(15-11-19)32-25-24(27(28,29)30)18-31-26(34-25)33-23-16-12-21(13-17-23)20-8-5-4-6-9-20/h10-18,20H,2-9H2,1H3,(H2,31,32,33,34). The Morgan fingerprint density at radius 3 is 2.18 bits per heavy atom. The number of hydrogen-bond donors (Lipinski definition) is 2. The van der Waals surface area contributed by atoms with Crippen LogP contribution < -0.4 is 10.6 Å². The van der Waals surface area contributed by atoms with Gasteiger partial charge >= 0.3 is 6.18 Å². The molecule has 180 valence electrons. The predicted octanol–water partition coefficient (Wildman–Crippen LogP) is 8.37. The van der Waals surface area contributed by atoms with Crippen molar-refractivity contribution < 1.29 is 13.2 Å². The van der Waals surface area contributed by atoms with Crippen LogP contribution in [0.2, 0.25) is 0 Å². The van der Waals surface area contributed by atoms with Crippen LogP contribution in [-0.2, 0) is 12.6 Å². The van der Waals surface area contributed by atoms with E-state index in [0.717, 1.165) is 36.7 Å². The first kappa shape index (κ1) is 24.0. The zero-order valence-electron chi connectivity index (χ0n) is 19.5. The van der Waals surface area contributed by atoms with E-state index in [1.807, 2.05) is 24.3 Å². The molecule has 0 spiro atoms. The SMILES string of the molecule is CCCCc1ccc(Nc2nc(Nc3ccc(C4CCCCC4)cc3)ncc2C(F)(F)F)cc1. The highest BCUT2D eigenvalue weighted by atomic mass is 19.4. The highest BCUT2D eigenvalue weighted by Crippen LogP contribution is 2.36. The Hall–Kier alpha value is -3.09. The van der Waals surface area contributed by atoms with Crippen LogP contribution in [-0.4, -0.2) is 9.97 Å². The maximum atomic E-state index is 13.6. The maximum Gasteiger partial charge on any atom is 0.421 e. The zero-order valence-corrected chi connectivity index (χ0v) is 19.5. The molecule has 1 heterocycles. The van der Waals surface area contributed by atoms with Crippen molar-refractivity contribution in [2.75, 3.05) is 10.6 Å². The Balaban J connectivity index is 1.51. The smallest absolute Gasteiger partial charge is 0.340 e. The van der Waals surface area contributed by atoms with Gasteiger partial charge in [0, 0.05) is 17.6 Å². The summed E-state index contributed by atoms with van der Waals surface area (Å²) in [6.07, 6.45) is 5.64. The lowest BCUT2D eigenvalue weighted by atomic mass is 9.84. The summed E-state index contributed by atoms with van der Waals surface area (Å²) in [5.74, 6) is 0.430. The predicted molar refractivity (Wildman–Crippen MR) is 131 cm³/mol. The normalized spacial score (nSPS) is 14.7. The van der Waals surface area contributed by atoms with Crippen molar-refractivity contribution in [2.24, 2.45) is 0 Å². The largest absolute Gasteiger partial charge is 0.421 e. The fourth-order valence-electron chi connectivity index (χ4n) is 4.42. The van der Waals surface area contributed by atoms with Crippen molar-refractivity contribution in [1.29, 1.82) is 0 Å². The molecule has 0 amide bonds. The number of hydrogen-bond acceptors (Lipinski definition) is 4. The van der Waals surface area contributed by atoms with Crippen molar-refractivity contribution in [1.82, 2.24) is 9.97 Å². The van der Waals surface area contributed by atoms with Crippen LogP contribution >= 0.6 is 0 Å². The number of halogens is 3. The number of aryl methyl sites for hydroxylation is 1. The van der Waals surface area contributed by atoms with Crippen molar-refractivity contribution >= 4 is 23.1 Å². The molecule has 0 unspecified atom stereocenters. The van der Waals surface area contributed by atoms with Gasteiger partial charge in [0.25, 0.3) is 0 Å². The van der Waals surface area contributed by atoms with E-state index in [4.69, 9.17) is 0 Å². The number of nitrogens with one attached hydrogen (secondary N) is 2. The number of aromatic nitrogens is 2. The summed E-state index contributed by atoms with van der Waals surface area (Å²) < 4.78 is 40.8. The van der Waals surface area contributed by atoms with Gasteiger partial charge < -0.3 is 10.6 Å². The summed E-state index contributed by atoms with van der Waals surface area (Å²) >= 11 is 0. The first-order chi connectivity index (χ1) is 16.4. The van der Waals surface area contributed by atoms with Crippen molar-refractivity contribution in [3.63, 3.8) is 0 Å². The van der Waals surface area contributed by atoms with Crippen LogP contribution in [0.1, 0.15) is 74.5 Å². The monoisotopic (exact) mass is 468 g/mol. The molecule has 1 aliphatic rings. The molecule has 1 aliphatic carbocycles. The van der Waals surface area contributed by atoms with Gasteiger partial charge in [0.2, 0.25) is 5.95 Å². The molecule has 1 saturated carbocycles. The molecule has 0 atom stereocenters. The number of nitrogens with zero attached hydrogens (tertiary/aromatic N) is 2. The minimum Gasteiger partial charge on any atom is -0.340 e. The Kier molecular flexibility index (Phi) is 7.70. The molecule has 0 radical (unpaired) electrons. The minimum absolute atomic E-state index is 0.112.